The van der Waals surface area contributed by atoms with Gasteiger partial charge in [-0.25, -0.2) is 4.79 Å². The van der Waals surface area contributed by atoms with Crippen LogP contribution >= 0.6 is 34.8 Å². The summed E-state index contributed by atoms with van der Waals surface area (Å²) in [5, 5.41) is 21.6. The maximum absolute atomic E-state index is 12.1. The largest absolute Gasteiger partial charge is 0.434 e. The molecule has 0 atom stereocenters. The van der Waals surface area contributed by atoms with Crippen LogP contribution in [-0.4, -0.2) is 29.9 Å². The Hall–Kier alpha value is -3.52. The summed E-state index contributed by atoms with van der Waals surface area (Å²) >= 11 is 18.6. The van der Waals surface area contributed by atoms with Crippen molar-refractivity contribution in [1.29, 1.82) is 5.26 Å². The predicted octanol–water partition coefficient (Wildman–Crippen LogP) is 2.88. The predicted molar refractivity (Wildman–Crippen MR) is 108 cm³/mol. The van der Waals surface area contributed by atoms with Crippen molar-refractivity contribution in [3.63, 3.8) is 0 Å². The Balaban J connectivity index is 1.81. The lowest BCUT2D eigenvalue weighted by Crippen LogP contribution is -2.33. The van der Waals surface area contributed by atoms with Crippen molar-refractivity contribution in [3.8, 4) is 23.4 Å². The standard InChI is InChI=1S/C17H6Cl3N7O3/c18-10-3-7(27-17(29)23-15(28)12(5-21)26-27)4-11(19)13(10)30-16-9-6-22-2-1-8(9)14(20)24-25-16/h1-4,6H,(H,23,28,29). The SMILES string of the molecule is N#Cc1nn(-c2cc(Cl)c(Oc3nnc(Cl)c4ccncc34)c(Cl)c2)c(=O)[nH]c1=O. The number of halogens is 3. The van der Waals surface area contributed by atoms with Crippen LogP contribution in [0.1, 0.15) is 5.69 Å². The number of fused-ring (bicyclic) bond motifs is 1. The zero-order valence-electron chi connectivity index (χ0n) is 14.4. The number of nitriles is 1. The summed E-state index contributed by atoms with van der Waals surface area (Å²) in [5.41, 5.74) is -2.18. The van der Waals surface area contributed by atoms with Gasteiger partial charge in [0, 0.05) is 17.8 Å². The average Bonchev–Trinajstić information content (AvgIpc) is 2.72. The van der Waals surface area contributed by atoms with Crippen LogP contribution in [0.3, 0.4) is 0 Å². The second-order valence-electron chi connectivity index (χ2n) is 5.69. The Kier molecular flexibility index (Phi) is 5.09. The molecule has 4 rings (SSSR count). The van der Waals surface area contributed by atoms with Gasteiger partial charge in [0.25, 0.3) is 5.56 Å². The molecule has 0 aliphatic heterocycles. The molecule has 0 aliphatic rings. The smallest absolute Gasteiger partial charge is 0.349 e. The summed E-state index contributed by atoms with van der Waals surface area (Å²) in [6.45, 7) is 0. The first-order chi connectivity index (χ1) is 14.4. The quantitative estimate of drug-likeness (QED) is 0.490. The normalized spacial score (nSPS) is 10.7. The zero-order valence-corrected chi connectivity index (χ0v) is 16.7. The van der Waals surface area contributed by atoms with E-state index >= 15 is 0 Å². The van der Waals surface area contributed by atoms with Gasteiger partial charge in [-0.15, -0.1) is 15.3 Å². The Labute approximate surface area is 181 Å². The first-order valence-corrected chi connectivity index (χ1v) is 9.09. The van der Waals surface area contributed by atoms with E-state index in [2.05, 4.69) is 20.3 Å². The number of hydrogen-bond donors (Lipinski definition) is 1. The fraction of sp³-hybridized carbons (Fsp3) is 0. The Morgan fingerprint density at radius 1 is 1.10 bits per heavy atom. The van der Waals surface area contributed by atoms with E-state index in [0.717, 1.165) is 4.68 Å². The van der Waals surface area contributed by atoms with Gasteiger partial charge < -0.3 is 4.74 Å². The summed E-state index contributed by atoms with van der Waals surface area (Å²) in [4.78, 5) is 29.6. The van der Waals surface area contributed by atoms with E-state index in [0.29, 0.717) is 10.8 Å². The van der Waals surface area contributed by atoms with Gasteiger partial charge in [-0.1, -0.05) is 34.8 Å². The van der Waals surface area contributed by atoms with Crippen molar-refractivity contribution in [3.05, 3.63) is 72.3 Å². The van der Waals surface area contributed by atoms with Crippen molar-refractivity contribution in [2.75, 3.05) is 0 Å². The number of aromatic nitrogens is 6. The molecular formula is C17H6Cl3N7O3. The lowest BCUT2D eigenvalue weighted by molar-refractivity contribution is 0.462. The zero-order chi connectivity index (χ0) is 21.4. The van der Waals surface area contributed by atoms with E-state index in [4.69, 9.17) is 44.8 Å². The highest BCUT2D eigenvalue weighted by atomic mass is 35.5. The lowest BCUT2D eigenvalue weighted by Gasteiger charge is -2.12. The third-order valence-corrected chi connectivity index (χ3v) is 4.70. The van der Waals surface area contributed by atoms with Crippen LogP contribution in [-0.2, 0) is 0 Å². The van der Waals surface area contributed by atoms with E-state index in [1.54, 1.807) is 18.3 Å². The number of benzene rings is 1. The second kappa shape index (κ2) is 7.72. The van der Waals surface area contributed by atoms with Crippen LogP contribution in [0.4, 0.5) is 0 Å². The molecule has 30 heavy (non-hydrogen) atoms. The number of ether oxygens (including phenoxy) is 1. The molecule has 1 aromatic carbocycles. The highest BCUT2D eigenvalue weighted by molar-refractivity contribution is 6.37. The van der Waals surface area contributed by atoms with Crippen LogP contribution in [0, 0.1) is 11.3 Å². The number of nitrogens with one attached hydrogen (secondary N) is 1. The number of hydrogen-bond acceptors (Lipinski definition) is 8. The first kappa shape index (κ1) is 19.8. The number of rotatable bonds is 3. The van der Waals surface area contributed by atoms with Crippen LogP contribution in [0.25, 0.3) is 16.5 Å². The van der Waals surface area contributed by atoms with E-state index < -0.39 is 16.9 Å². The van der Waals surface area contributed by atoms with Gasteiger partial charge in [-0.3, -0.25) is 14.8 Å². The van der Waals surface area contributed by atoms with Gasteiger partial charge in [-0.05, 0) is 18.2 Å². The minimum absolute atomic E-state index is 0.00435. The van der Waals surface area contributed by atoms with Gasteiger partial charge in [0.05, 0.1) is 21.1 Å². The summed E-state index contributed by atoms with van der Waals surface area (Å²) in [6.07, 6.45) is 3.04. The third-order valence-electron chi connectivity index (χ3n) is 3.86. The molecule has 10 nitrogen and oxygen atoms in total. The molecule has 0 spiro atoms. The van der Waals surface area contributed by atoms with Crippen molar-refractivity contribution >= 4 is 45.6 Å². The number of H-pyrrole nitrogens is 1. The molecule has 0 saturated carbocycles. The first-order valence-electron chi connectivity index (χ1n) is 7.96. The molecule has 3 aromatic heterocycles. The molecule has 148 valence electrons. The van der Waals surface area contributed by atoms with E-state index in [1.165, 1.54) is 18.3 Å². The third kappa shape index (κ3) is 3.46. The molecule has 0 amide bonds. The lowest BCUT2D eigenvalue weighted by atomic mass is 10.2. The highest BCUT2D eigenvalue weighted by Gasteiger charge is 2.17. The van der Waals surface area contributed by atoms with Crippen molar-refractivity contribution in [2.24, 2.45) is 0 Å². The molecule has 0 fully saturated rings. The Morgan fingerprint density at radius 2 is 1.83 bits per heavy atom. The number of aromatic amines is 1. The Morgan fingerprint density at radius 3 is 2.53 bits per heavy atom. The molecule has 4 aromatic rings. The minimum atomic E-state index is -0.905. The van der Waals surface area contributed by atoms with Gasteiger partial charge in [0.15, 0.2) is 10.9 Å². The maximum atomic E-state index is 12.1. The van der Waals surface area contributed by atoms with Crippen LogP contribution < -0.4 is 16.0 Å². The number of pyridine rings is 1. The highest BCUT2D eigenvalue weighted by Crippen LogP contribution is 2.39. The molecule has 0 aliphatic carbocycles. The minimum Gasteiger partial charge on any atom is -0.434 e. The topological polar surface area (TPSA) is 139 Å². The fourth-order valence-corrected chi connectivity index (χ4v) is 3.28. The number of nitrogens with zero attached hydrogens (tertiary/aromatic N) is 6. The molecular weight excluding hydrogens is 457 g/mol. The maximum Gasteiger partial charge on any atom is 0.349 e. The average molecular weight is 463 g/mol. The molecule has 13 heteroatoms. The fourth-order valence-electron chi connectivity index (χ4n) is 2.53. The van der Waals surface area contributed by atoms with Gasteiger partial charge in [0.1, 0.15) is 6.07 Å². The molecule has 0 saturated heterocycles. The molecule has 3 heterocycles. The van der Waals surface area contributed by atoms with Crippen molar-refractivity contribution < 1.29 is 4.74 Å². The summed E-state index contributed by atoms with van der Waals surface area (Å²) in [5.74, 6) is 0.0898. The monoisotopic (exact) mass is 461 g/mol. The summed E-state index contributed by atoms with van der Waals surface area (Å²) in [6, 6.07) is 5.88. The van der Waals surface area contributed by atoms with Gasteiger partial charge >= 0.3 is 5.69 Å². The Bertz CT molecular complexity index is 1450. The summed E-state index contributed by atoms with van der Waals surface area (Å²) < 4.78 is 6.52. The van der Waals surface area contributed by atoms with Gasteiger partial charge in [-0.2, -0.15) is 9.94 Å². The molecule has 0 bridgehead atoms. The molecule has 0 radical (unpaired) electrons. The van der Waals surface area contributed by atoms with Crippen LogP contribution in [0.15, 0.2) is 40.2 Å². The van der Waals surface area contributed by atoms with Crippen LogP contribution in [0.2, 0.25) is 15.2 Å². The van der Waals surface area contributed by atoms with Crippen molar-refractivity contribution in [1.82, 2.24) is 29.9 Å². The van der Waals surface area contributed by atoms with E-state index in [-0.39, 0.29) is 32.5 Å². The van der Waals surface area contributed by atoms with E-state index in [9.17, 15) is 9.59 Å². The summed E-state index contributed by atoms with van der Waals surface area (Å²) in [7, 11) is 0. The molecule has 1 N–H and O–H groups in total. The van der Waals surface area contributed by atoms with Crippen molar-refractivity contribution in [2.45, 2.75) is 0 Å². The second-order valence-corrected chi connectivity index (χ2v) is 6.86. The molecule has 0 unspecified atom stereocenters. The van der Waals surface area contributed by atoms with Crippen LogP contribution in [0.5, 0.6) is 11.6 Å². The van der Waals surface area contributed by atoms with E-state index in [1.807, 2.05) is 4.98 Å². The van der Waals surface area contributed by atoms with Gasteiger partial charge in [0.2, 0.25) is 11.6 Å².